The van der Waals surface area contributed by atoms with Crippen LogP contribution in [-0.4, -0.2) is 11.8 Å². The molecule has 1 aromatic rings. The van der Waals surface area contributed by atoms with E-state index in [0.717, 1.165) is 5.56 Å². The minimum Gasteiger partial charge on any atom is -0.508 e. The van der Waals surface area contributed by atoms with Gasteiger partial charge in [0.15, 0.2) is 0 Å². The van der Waals surface area contributed by atoms with Crippen molar-refractivity contribution in [1.82, 2.24) is 0 Å². The molecule has 2 heteroatoms. The quantitative estimate of drug-likeness (QED) is 0.665. The topological polar surface area (TPSA) is 20.2 Å². The number of phenolic OH excluding ortho intramolecular Hbond substituents is 1. The molecule has 1 aromatic carbocycles. The summed E-state index contributed by atoms with van der Waals surface area (Å²) < 4.78 is 11.7. The maximum absolute atomic E-state index is 11.7. The zero-order valence-corrected chi connectivity index (χ0v) is 5.55. The van der Waals surface area contributed by atoms with E-state index in [4.69, 9.17) is 5.11 Å². The molecule has 0 radical (unpaired) electrons. The van der Waals surface area contributed by atoms with Gasteiger partial charge >= 0.3 is 0 Å². The van der Waals surface area contributed by atoms with Gasteiger partial charge in [-0.25, -0.2) is 0 Å². The summed E-state index contributed by atoms with van der Waals surface area (Å²) in [5.41, 5.74) is 0.836. The van der Waals surface area contributed by atoms with Crippen molar-refractivity contribution in [3.05, 3.63) is 29.8 Å². The molecule has 0 amide bonds. The van der Waals surface area contributed by atoms with Crippen LogP contribution in [0.4, 0.5) is 4.39 Å². The molecule has 54 valence electrons. The molecule has 1 rings (SSSR count). The van der Waals surface area contributed by atoms with Crippen LogP contribution in [0.5, 0.6) is 5.75 Å². The SMILES string of the molecule is Oc1cccc(CCF)c1. The largest absolute Gasteiger partial charge is 0.508 e. The molecular formula is C8H9FO. The smallest absolute Gasteiger partial charge is 0.115 e. The first-order chi connectivity index (χ1) is 4.83. The third kappa shape index (κ3) is 1.72. The Morgan fingerprint density at radius 1 is 1.40 bits per heavy atom. The van der Waals surface area contributed by atoms with Gasteiger partial charge in [-0.15, -0.1) is 0 Å². The summed E-state index contributed by atoms with van der Waals surface area (Å²) >= 11 is 0. The number of aromatic hydroxyl groups is 1. The Balaban J connectivity index is 2.75. The normalized spacial score (nSPS) is 9.70. The van der Waals surface area contributed by atoms with Crippen LogP contribution < -0.4 is 0 Å². The Morgan fingerprint density at radius 2 is 2.20 bits per heavy atom. The van der Waals surface area contributed by atoms with Gasteiger partial charge in [0.25, 0.3) is 0 Å². The van der Waals surface area contributed by atoms with Crippen molar-refractivity contribution in [3.63, 3.8) is 0 Å². The number of benzene rings is 1. The summed E-state index contributed by atoms with van der Waals surface area (Å²) in [7, 11) is 0. The van der Waals surface area contributed by atoms with Crippen LogP contribution in [-0.2, 0) is 6.42 Å². The molecule has 0 atom stereocenters. The zero-order valence-electron chi connectivity index (χ0n) is 5.55. The second-order valence-electron chi connectivity index (χ2n) is 2.11. The fourth-order valence-electron chi connectivity index (χ4n) is 0.821. The molecule has 0 aliphatic heterocycles. The van der Waals surface area contributed by atoms with Crippen LogP contribution in [0.3, 0.4) is 0 Å². The van der Waals surface area contributed by atoms with E-state index in [-0.39, 0.29) is 12.4 Å². The highest BCUT2D eigenvalue weighted by Gasteiger charge is 1.91. The maximum atomic E-state index is 11.7. The van der Waals surface area contributed by atoms with E-state index in [9.17, 15) is 4.39 Å². The average Bonchev–Trinajstić information content (AvgIpc) is 1.88. The lowest BCUT2D eigenvalue weighted by molar-refractivity contribution is 0.471. The van der Waals surface area contributed by atoms with Gasteiger partial charge in [0, 0.05) is 6.42 Å². The van der Waals surface area contributed by atoms with E-state index < -0.39 is 0 Å². The fraction of sp³-hybridized carbons (Fsp3) is 0.250. The lowest BCUT2D eigenvalue weighted by atomic mass is 10.2. The standard InChI is InChI=1S/C8H9FO/c9-5-4-7-2-1-3-8(10)6-7/h1-3,6,10H,4-5H2. The molecule has 0 aliphatic rings. The van der Waals surface area contributed by atoms with Gasteiger partial charge in [-0.2, -0.15) is 0 Å². The molecule has 0 aromatic heterocycles. The number of alkyl halides is 1. The molecule has 0 saturated heterocycles. The van der Waals surface area contributed by atoms with Gasteiger partial charge in [-0.05, 0) is 17.7 Å². The Kier molecular flexibility index (Phi) is 2.26. The summed E-state index contributed by atoms with van der Waals surface area (Å²) in [6.45, 7) is -0.372. The van der Waals surface area contributed by atoms with Gasteiger partial charge in [-0.1, -0.05) is 12.1 Å². The lowest BCUT2D eigenvalue weighted by Crippen LogP contribution is -1.84. The van der Waals surface area contributed by atoms with Crippen molar-refractivity contribution >= 4 is 0 Å². The van der Waals surface area contributed by atoms with Gasteiger partial charge in [0.1, 0.15) is 5.75 Å². The highest BCUT2D eigenvalue weighted by molar-refractivity contribution is 5.27. The molecule has 0 saturated carbocycles. The second-order valence-corrected chi connectivity index (χ2v) is 2.11. The number of aryl methyl sites for hydroxylation is 1. The van der Waals surface area contributed by atoms with Crippen molar-refractivity contribution in [2.24, 2.45) is 0 Å². The first kappa shape index (κ1) is 7.06. The average molecular weight is 140 g/mol. The van der Waals surface area contributed by atoms with Crippen LogP contribution >= 0.6 is 0 Å². The molecule has 0 aliphatic carbocycles. The number of hydrogen-bond donors (Lipinski definition) is 1. The molecule has 0 bridgehead atoms. The van der Waals surface area contributed by atoms with Crippen LogP contribution in [0.25, 0.3) is 0 Å². The molecule has 0 fully saturated rings. The van der Waals surface area contributed by atoms with Crippen molar-refractivity contribution in [2.45, 2.75) is 6.42 Å². The van der Waals surface area contributed by atoms with E-state index in [2.05, 4.69) is 0 Å². The Hall–Kier alpha value is -1.05. The summed E-state index contributed by atoms with van der Waals surface area (Å²) in [6, 6.07) is 6.64. The molecule has 1 nitrogen and oxygen atoms in total. The van der Waals surface area contributed by atoms with Crippen LogP contribution in [0.2, 0.25) is 0 Å². The first-order valence-corrected chi connectivity index (χ1v) is 3.17. The van der Waals surface area contributed by atoms with Gasteiger partial charge in [0.05, 0.1) is 6.67 Å². The third-order valence-corrected chi connectivity index (χ3v) is 1.29. The van der Waals surface area contributed by atoms with E-state index >= 15 is 0 Å². The number of halogens is 1. The van der Waals surface area contributed by atoms with Crippen molar-refractivity contribution in [2.75, 3.05) is 6.67 Å². The summed E-state index contributed by atoms with van der Waals surface area (Å²) in [5, 5.41) is 8.92. The zero-order chi connectivity index (χ0) is 7.40. The molecule has 0 spiro atoms. The summed E-state index contributed by atoms with van der Waals surface area (Å²) in [6.07, 6.45) is 0.383. The Bertz CT molecular complexity index is 210. The lowest BCUT2D eigenvalue weighted by Gasteiger charge is -1.96. The Labute approximate surface area is 59.1 Å². The fourth-order valence-corrected chi connectivity index (χ4v) is 0.821. The third-order valence-electron chi connectivity index (χ3n) is 1.29. The molecule has 0 heterocycles. The minimum absolute atomic E-state index is 0.200. The second kappa shape index (κ2) is 3.20. The van der Waals surface area contributed by atoms with Crippen LogP contribution in [0, 0.1) is 0 Å². The van der Waals surface area contributed by atoms with Crippen molar-refractivity contribution in [3.8, 4) is 5.75 Å². The number of hydrogen-bond acceptors (Lipinski definition) is 1. The van der Waals surface area contributed by atoms with Gasteiger partial charge in [0.2, 0.25) is 0 Å². The number of phenols is 1. The predicted octanol–water partition coefficient (Wildman–Crippen LogP) is 1.90. The van der Waals surface area contributed by atoms with Gasteiger partial charge in [-0.3, -0.25) is 4.39 Å². The maximum Gasteiger partial charge on any atom is 0.115 e. The summed E-state index contributed by atoms with van der Waals surface area (Å²) in [4.78, 5) is 0. The van der Waals surface area contributed by atoms with Gasteiger partial charge < -0.3 is 5.11 Å². The van der Waals surface area contributed by atoms with Crippen LogP contribution in [0.1, 0.15) is 5.56 Å². The minimum atomic E-state index is -0.372. The highest BCUT2D eigenvalue weighted by Crippen LogP contribution is 2.10. The van der Waals surface area contributed by atoms with Crippen molar-refractivity contribution in [1.29, 1.82) is 0 Å². The first-order valence-electron chi connectivity index (χ1n) is 3.17. The highest BCUT2D eigenvalue weighted by atomic mass is 19.1. The van der Waals surface area contributed by atoms with E-state index in [0.29, 0.717) is 6.42 Å². The molecule has 0 unspecified atom stereocenters. The van der Waals surface area contributed by atoms with Crippen LogP contribution in [0.15, 0.2) is 24.3 Å². The summed E-state index contributed by atoms with van der Waals surface area (Å²) in [5.74, 6) is 0.200. The number of rotatable bonds is 2. The monoisotopic (exact) mass is 140 g/mol. The molecule has 10 heavy (non-hydrogen) atoms. The molecular weight excluding hydrogens is 131 g/mol. The van der Waals surface area contributed by atoms with E-state index in [1.807, 2.05) is 0 Å². The van der Waals surface area contributed by atoms with E-state index in [1.165, 1.54) is 0 Å². The molecule has 1 N–H and O–H groups in total. The van der Waals surface area contributed by atoms with E-state index in [1.54, 1.807) is 24.3 Å². The van der Waals surface area contributed by atoms with Crippen molar-refractivity contribution < 1.29 is 9.50 Å². The Morgan fingerprint density at radius 3 is 2.80 bits per heavy atom. The predicted molar refractivity (Wildman–Crippen MR) is 37.8 cm³/mol.